The van der Waals surface area contributed by atoms with E-state index in [-0.39, 0.29) is 0 Å². The zero-order valence-electron chi connectivity index (χ0n) is 9.85. The van der Waals surface area contributed by atoms with Crippen molar-refractivity contribution in [2.24, 2.45) is 0 Å². The molecule has 2 aliphatic rings. The van der Waals surface area contributed by atoms with Crippen LogP contribution in [-0.2, 0) is 20.4 Å². The number of carboxylic acids is 2. The van der Waals surface area contributed by atoms with Gasteiger partial charge < -0.3 is 10.2 Å². The summed E-state index contributed by atoms with van der Waals surface area (Å²) in [7, 11) is 0. The fourth-order valence-corrected chi connectivity index (χ4v) is 2.61. The first-order chi connectivity index (χ1) is 8.51. The van der Waals surface area contributed by atoms with Gasteiger partial charge in [0.05, 0.1) is 10.8 Å². The molecular weight excluding hydrogens is 232 g/mol. The third-order valence-corrected chi connectivity index (χ3v) is 4.31. The lowest BCUT2D eigenvalue weighted by Gasteiger charge is -2.14. The minimum atomic E-state index is -0.783. The second-order valence-electron chi connectivity index (χ2n) is 5.35. The summed E-state index contributed by atoms with van der Waals surface area (Å²) in [5.74, 6) is -1.57. The van der Waals surface area contributed by atoms with Crippen molar-refractivity contribution in [3.05, 3.63) is 35.4 Å². The molecule has 0 heterocycles. The van der Waals surface area contributed by atoms with Gasteiger partial charge in [0.1, 0.15) is 0 Å². The van der Waals surface area contributed by atoms with Crippen molar-refractivity contribution in [3.63, 3.8) is 0 Å². The molecule has 2 fully saturated rings. The molecule has 0 aromatic heterocycles. The lowest BCUT2D eigenvalue weighted by atomic mass is 9.90. The standard InChI is InChI=1S/C14H14O4/c15-11(16)13(5-6-13)9-1-2-10(4-3-9)14(7-8-14)12(17)18/h1-4H,5-8H2,(H,15,16)(H,17,18). The molecule has 0 aliphatic heterocycles. The molecule has 4 heteroatoms. The van der Waals surface area contributed by atoms with E-state index >= 15 is 0 Å². The summed E-state index contributed by atoms with van der Waals surface area (Å²) in [5.41, 5.74) is 0.164. The van der Waals surface area contributed by atoms with Crippen LogP contribution in [0.3, 0.4) is 0 Å². The van der Waals surface area contributed by atoms with Crippen LogP contribution >= 0.6 is 0 Å². The van der Waals surface area contributed by atoms with Crippen LogP contribution in [0.2, 0.25) is 0 Å². The Morgan fingerprint density at radius 1 is 0.778 bits per heavy atom. The van der Waals surface area contributed by atoms with E-state index in [9.17, 15) is 19.8 Å². The largest absolute Gasteiger partial charge is 0.481 e. The first-order valence-electron chi connectivity index (χ1n) is 6.09. The molecule has 0 bridgehead atoms. The molecule has 1 aromatic carbocycles. The Balaban J connectivity index is 1.91. The minimum absolute atomic E-state index is 0.672. The minimum Gasteiger partial charge on any atom is -0.481 e. The summed E-state index contributed by atoms with van der Waals surface area (Å²) in [6, 6.07) is 7.11. The number of benzene rings is 1. The van der Waals surface area contributed by atoms with Crippen LogP contribution in [-0.4, -0.2) is 22.2 Å². The van der Waals surface area contributed by atoms with Crippen molar-refractivity contribution in [1.29, 1.82) is 0 Å². The van der Waals surface area contributed by atoms with Crippen molar-refractivity contribution < 1.29 is 19.8 Å². The highest BCUT2D eigenvalue weighted by Crippen LogP contribution is 2.51. The quantitative estimate of drug-likeness (QED) is 0.851. The fraction of sp³-hybridized carbons (Fsp3) is 0.429. The SMILES string of the molecule is O=C(O)C1(c2ccc(C3(C(=O)O)CC3)cc2)CC1. The molecule has 4 nitrogen and oxygen atoms in total. The van der Waals surface area contributed by atoms with Crippen LogP contribution in [0.15, 0.2) is 24.3 Å². The molecule has 3 rings (SSSR count). The maximum absolute atomic E-state index is 11.2. The van der Waals surface area contributed by atoms with E-state index in [1.165, 1.54) is 0 Å². The molecule has 2 saturated carbocycles. The Morgan fingerprint density at radius 3 is 1.22 bits per heavy atom. The molecule has 18 heavy (non-hydrogen) atoms. The lowest BCUT2D eigenvalue weighted by Crippen LogP contribution is -2.21. The second kappa shape index (κ2) is 3.34. The molecule has 94 valence electrons. The van der Waals surface area contributed by atoms with Gasteiger partial charge in [0.2, 0.25) is 0 Å². The van der Waals surface area contributed by atoms with E-state index in [2.05, 4.69) is 0 Å². The van der Waals surface area contributed by atoms with Gasteiger partial charge in [0.25, 0.3) is 0 Å². The Bertz CT molecular complexity index is 472. The van der Waals surface area contributed by atoms with Crippen LogP contribution < -0.4 is 0 Å². The number of rotatable bonds is 4. The molecule has 0 unspecified atom stereocenters. The molecule has 0 atom stereocenters. The summed E-state index contributed by atoms with van der Waals surface area (Å²) in [4.78, 5) is 22.4. The first kappa shape index (κ1) is 11.3. The molecule has 0 saturated heterocycles. The van der Waals surface area contributed by atoms with Crippen LogP contribution in [0, 0.1) is 0 Å². The predicted molar refractivity (Wildman–Crippen MR) is 63.5 cm³/mol. The van der Waals surface area contributed by atoms with Crippen LogP contribution in [0.5, 0.6) is 0 Å². The maximum atomic E-state index is 11.2. The lowest BCUT2D eigenvalue weighted by molar-refractivity contribution is -0.141. The van der Waals surface area contributed by atoms with E-state index in [1.807, 2.05) is 0 Å². The average Bonchev–Trinajstić information content (AvgIpc) is 3.22. The van der Waals surface area contributed by atoms with Gasteiger partial charge in [-0.1, -0.05) is 24.3 Å². The van der Waals surface area contributed by atoms with Gasteiger partial charge in [0, 0.05) is 0 Å². The highest BCUT2D eigenvalue weighted by molar-refractivity contribution is 5.86. The van der Waals surface area contributed by atoms with Crippen molar-refractivity contribution >= 4 is 11.9 Å². The third-order valence-electron chi connectivity index (χ3n) is 4.31. The number of carbonyl (C=O) groups is 2. The molecule has 0 radical (unpaired) electrons. The average molecular weight is 246 g/mol. The number of hydrogen-bond donors (Lipinski definition) is 2. The zero-order chi connectivity index (χ0) is 13.0. The van der Waals surface area contributed by atoms with E-state index in [0.717, 1.165) is 11.1 Å². The fourth-order valence-electron chi connectivity index (χ4n) is 2.61. The predicted octanol–water partition coefficient (Wildman–Crippen LogP) is 1.92. The van der Waals surface area contributed by atoms with Crippen LogP contribution in [0.4, 0.5) is 0 Å². The van der Waals surface area contributed by atoms with Gasteiger partial charge in [-0.05, 0) is 36.8 Å². The van der Waals surface area contributed by atoms with Crippen molar-refractivity contribution in [3.8, 4) is 0 Å². The maximum Gasteiger partial charge on any atom is 0.314 e. The highest BCUT2D eigenvalue weighted by atomic mass is 16.4. The topological polar surface area (TPSA) is 74.6 Å². The van der Waals surface area contributed by atoms with Crippen molar-refractivity contribution in [2.75, 3.05) is 0 Å². The van der Waals surface area contributed by atoms with Crippen LogP contribution in [0.25, 0.3) is 0 Å². The molecule has 0 spiro atoms. The van der Waals surface area contributed by atoms with Gasteiger partial charge in [-0.15, -0.1) is 0 Å². The molecule has 0 amide bonds. The van der Waals surface area contributed by atoms with Crippen molar-refractivity contribution in [1.82, 2.24) is 0 Å². The van der Waals surface area contributed by atoms with Gasteiger partial charge >= 0.3 is 11.9 Å². The molecule has 2 aliphatic carbocycles. The second-order valence-corrected chi connectivity index (χ2v) is 5.35. The normalized spacial score (nSPS) is 22.2. The third kappa shape index (κ3) is 1.38. The summed E-state index contributed by atoms with van der Waals surface area (Å²) in [5, 5.41) is 18.4. The number of carboxylic acid groups (broad SMARTS) is 2. The molecular formula is C14H14O4. The van der Waals surface area contributed by atoms with Crippen LogP contribution in [0.1, 0.15) is 36.8 Å². The van der Waals surface area contributed by atoms with E-state index in [1.54, 1.807) is 24.3 Å². The Morgan fingerprint density at radius 2 is 1.06 bits per heavy atom. The highest BCUT2D eigenvalue weighted by Gasteiger charge is 2.53. The van der Waals surface area contributed by atoms with E-state index in [0.29, 0.717) is 25.7 Å². The number of hydrogen-bond acceptors (Lipinski definition) is 2. The summed E-state index contributed by atoms with van der Waals surface area (Å²) >= 11 is 0. The first-order valence-corrected chi connectivity index (χ1v) is 6.09. The van der Waals surface area contributed by atoms with Gasteiger partial charge in [0.15, 0.2) is 0 Å². The smallest absolute Gasteiger partial charge is 0.314 e. The van der Waals surface area contributed by atoms with Gasteiger partial charge in [-0.25, -0.2) is 0 Å². The summed E-state index contributed by atoms with van der Waals surface area (Å²) in [6.45, 7) is 0. The Labute approximate surface area is 104 Å². The van der Waals surface area contributed by atoms with Gasteiger partial charge in [-0.3, -0.25) is 9.59 Å². The van der Waals surface area contributed by atoms with Gasteiger partial charge in [-0.2, -0.15) is 0 Å². The Kier molecular flexibility index (Phi) is 2.09. The van der Waals surface area contributed by atoms with E-state index in [4.69, 9.17) is 0 Å². The zero-order valence-corrected chi connectivity index (χ0v) is 9.85. The summed E-state index contributed by atoms with van der Waals surface area (Å²) in [6.07, 6.45) is 2.69. The summed E-state index contributed by atoms with van der Waals surface area (Å²) < 4.78 is 0. The monoisotopic (exact) mass is 246 g/mol. The van der Waals surface area contributed by atoms with Crippen molar-refractivity contribution in [2.45, 2.75) is 36.5 Å². The van der Waals surface area contributed by atoms with E-state index < -0.39 is 22.8 Å². The molecule has 2 N–H and O–H groups in total. The Hall–Kier alpha value is -1.84. The molecule has 1 aromatic rings. The number of aliphatic carboxylic acids is 2.